The van der Waals surface area contributed by atoms with E-state index in [0.717, 1.165) is 36.9 Å². The van der Waals surface area contributed by atoms with Gasteiger partial charge in [0.25, 0.3) is 0 Å². The molecule has 1 aliphatic rings. The zero-order chi connectivity index (χ0) is 10.7. The fraction of sp³-hybridized carbons (Fsp3) is 0.700. The topological polar surface area (TPSA) is 25.4 Å². The lowest BCUT2D eigenvalue weighted by Gasteiger charge is -2.30. The zero-order valence-electron chi connectivity index (χ0n) is 8.78. The molecule has 3 nitrogen and oxygen atoms in total. The molecule has 0 spiro atoms. The summed E-state index contributed by atoms with van der Waals surface area (Å²) in [5.41, 5.74) is 0.984. The molecule has 0 amide bonds. The Morgan fingerprint density at radius 1 is 1.73 bits per heavy atom. The van der Waals surface area contributed by atoms with Gasteiger partial charge in [-0.1, -0.05) is 0 Å². The van der Waals surface area contributed by atoms with Crippen LogP contribution in [0.15, 0.2) is 5.38 Å². The highest BCUT2D eigenvalue weighted by molar-refractivity contribution is 7.09. The molecule has 1 unspecified atom stereocenters. The van der Waals surface area contributed by atoms with E-state index in [0.29, 0.717) is 12.0 Å². The average molecular weight is 247 g/mol. The number of halogens is 1. The Kier molecular flexibility index (Phi) is 3.97. The van der Waals surface area contributed by atoms with Crippen molar-refractivity contribution in [1.82, 2.24) is 9.88 Å². The maximum atomic E-state index is 5.72. The minimum Gasteiger partial charge on any atom is -0.376 e. The van der Waals surface area contributed by atoms with E-state index in [1.54, 1.807) is 11.3 Å². The number of alkyl halides is 1. The molecule has 0 radical (unpaired) electrons. The number of morpholine rings is 1. The number of nitrogens with zero attached hydrogens (tertiary/aromatic N) is 2. The van der Waals surface area contributed by atoms with Crippen molar-refractivity contribution in [2.24, 2.45) is 0 Å². The van der Waals surface area contributed by atoms with Crippen LogP contribution < -0.4 is 0 Å². The van der Waals surface area contributed by atoms with Crippen LogP contribution in [0.3, 0.4) is 0 Å². The van der Waals surface area contributed by atoms with Crippen molar-refractivity contribution < 1.29 is 4.74 Å². The molecule has 15 heavy (non-hydrogen) atoms. The van der Waals surface area contributed by atoms with Crippen LogP contribution >= 0.6 is 22.9 Å². The third kappa shape index (κ3) is 3.14. The largest absolute Gasteiger partial charge is 0.376 e. The number of hydrogen-bond acceptors (Lipinski definition) is 4. The summed E-state index contributed by atoms with van der Waals surface area (Å²) in [5, 5.41) is 3.19. The molecular weight excluding hydrogens is 232 g/mol. The number of ether oxygens (including phenoxy) is 1. The first-order chi connectivity index (χ1) is 7.28. The first-order valence-corrected chi connectivity index (χ1v) is 6.52. The molecule has 1 aliphatic heterocycles. The summed E-state index contributed by atoms with van der Waals surface area (Å²) in [7, 11) is 0. The molecule has 1 saturated heterocycles. The van der Waals surface area contributed by atoms with Gasteiger partial charge in [0.15, 0.2) is 0 Å². The Hall–Kier alpha value is -0.160. The Bertz CT molecular complexity index is 318. The zero-order valence-corrected chi connectivity index (χ0v) is 10.4. The third-order valence-corrected chi connectivity index (χ3v) is 3.58. The van der Waals surface area contributed by atoms with Crippen molar-refractivity contribution in [2.75, 3.05) is 19.7 Å². The van der Waals surface area contributed by atoms with E-state index < -0.39 is 0 Å². The molecular formula is C10H15ClN2OS. The molecule has 5 heteroatoms. The molecule has 0 saturated carbocycles. The monoisotopic (exact) mass is 246 g/mol. The number of rotatable bonds is 3. The molecule has 0 aromatic carbocycles. The second-order valence-electron chi connectivity index (χ2n) is 3.78. The normalized spacial score (nSPS) is 23.2. The maximum absolute atomic E-state index is 5.72. The van der Waals surface area contributed by atoms with Gasteiger partial charge >= 0.3 is 0 Å². The Balaban J connectivity index is 1.90. The van der Waals surface area contributed by atoms with Crippen LogP contribution in [0.25, 0.3) is 0 Å². The highest BCUT2D eigenvalue weighted by Crippen LogP contribution is 2.15. The summed E-state index contributed by atoms with van der Waals surface area (Å²) in [4.78, 5) is 6.83. The number of thiazole rings is 1. The maximum Gasteiger partial charge on any atom is 0.107 e. The summed E-state index contributed by atoms with van der Waals surface area (Å²) in [6.07, 6.45) is 0.339. The van der Waals surface area contributed by atoms with Gasteiger partial charge in [-0.25, -0.2) is 4.98 Å². The number of hydrogen-bond donors (Lipinski definition) is 0. The second-order valence-corrected chi connectivity index (χ2v) is 4.99. The molecule has 0 N–H and O–H groups in total. The van der Waals surface area contributed by atoms with Crippen LogP contribution in [0.4, 0.5) is 0 Å². The highest BCUT2D eigenvalue weighted by Gasteiger charge is 2.17. The first-order valence-electron chi connectivity index (χ1n) is 5.11. The summed E-state index contributed by atoms with van der Waals surface area (Å²) in [6.45, 7) is 5.86. The van der Waals surface area contributed by atoms with Crippen molar-refractivity contribution in [1.29, 1.82) is 0 Å². The van der Waals surface area contributed by atoms with E-state index in [-0.39, 0.29) is 0 Å². The smallest absolute Gasteiger partial charge is 0.107 e. The Labute approximate surface area is 99.0 Å². The van der Waals surface area contributed by atoms with Gasteiger partial charge in [-0.15, -0.1) is 22.9 Å². The minimum atomic E-state index is 0.339. The Morgan fingerprint density at radius 2 is 2.60 bits per heavy atom. The van der Waals surface area contributed by atoms with Crippen LogP contribution in [0.2, 0.25) is 0 Å². The van der Waals surface area contributed by atoms with Crippen molar-refractivity contribution in [2.45, 2.75) is 25.5 Å². The summed E-state index contributed by atoms with van der Waals surface area (Å²) in [5.74, 6) is 0.510. The van der Waals surface area contributed by atoms with E-state index in [1.165, 1.54) is 0 Å². The SMILES string of the molecule is CC1CN(Cc2nc(CCl)cs2)CCO1. The molecule has 1 aromatic rings. The van der Waals surface area contributed by atoms with E-state index >= 15 is 0 Å². The molecule has 1 aromatic heterocycles. The van der Waals surface area contributed by atoms with Gasteiger partial charge in [0, 0.05) is 18.5 Å². The molecule has 1 atom stereocenters. The molecule has 1 fully saturated rings. The van der Waals surface area contributed by atoms with E-state index in [1.807, 2.05) is 5.38 Å². The van der Waals surface area contributed by atoms with Gasteiger partial charge in [-0.2, -0.15) is 0 Å². The van der Waals surface area contributed by atoms with Crippen LogP contribution in [0.1, 0.15) is 17.6 Å². The fourth-order valence-corrected chi connectivity index (χ4v) is 2.77. The number of aromatic nitrogens is 1. The van der Waals surface area contributed by atoms with E-state index in [9.17, 15) is 0 Å². The highest BCUT2D eigenvalue weighted by atomic mass is 35.5. The van der Waals surface area contributed by atoms with E-state index in [4.69, 9.17) is 16.3 Å². The lowest BCUT2D eigenvalue weighted by Crippen LogP contribution is -2.40. The van der Waals surface area contributed by atoms with Crippen molar-refractivity contribution >= 4 is 22.9 Å². The van der Waals surface area contributed by atoms with Crippen molar-refractivity contribution in [3.63, 3.8) is 0 Å². The van der Waals surface area contributed by atoms with Crippen molar-refractivity contribution in [3.8, 4) is 0 Å². The van der Waals surface area contributed by atoms with Gasteiger partial charge in [0.1, 0.15) is 5.01 Å². The van der Waals surface area contributed by atoms with Gasteiger partial charge < -0.3 is 4.74 Å². The third-order valence-electron chi connectivity index (χ3n) is 2.42. The quantitative estimate of drug-likeness (QED) is 0.764. The van der Waals surface area contributed by atoms with Gasteiger partial charge in [0.2, 0.25) is 0 Å². The van der Waals surface area contributed by atoms with Crippen molar-refractivity contribution in [3.05, 3.63) is 16.1 Å². The molecule has 2 heterocycles. The van der Waals surface area contributed by atoms with Gasteiger partial charge in [-0.3, -0.25) is 4.90 Å². The van der Waals surface area contributed by atoms with E-state index in [2.05, 4.69) is 16.8 Å². The average Bonchev–Trinajstić information content (AvgIpc) is 2.65. The van der Waals surface area contributed by atoms with Crippen LogP contribution in [-0.2, 0) is 17.2 Å². The lowest BCUT2D eigenvalue weighted by molar-refractivity contribution is -0.0212. The minimum absolute atomic E-state index is 0.339. The predicted octanol–water partition coefficient (Wildman–Crippen LogP) is 2.10. The lowest BCUT2D eigenvalue weighted by atomic mass is 10.3. The summed E-state index contributed by atoms with van der Waals surface area (Å²) >= 11 is 7.41. The van der Waals surface area contributed by atoms with Crippen LogP contribution in [0, 0.1) is 0 Å². The summed E-state index contributed by atoms with van der Waals surface area (Å²) < 4.78 is 5.49. The predicted molar refractivity (Wildman–Crippen MR) is 62.4 cm³/mol. The van der Waals surface area contributed by atoms with Crippen LogP contribution in [0.5, 0.6) is 0 Å². The molecule has 0 aliphatic carbocycles. The molecule has 84 valence electrons. The first kappa shape index (κ1) is 11.3. The van der Waals surface area contributed by atoms with Crippen LogP contribution in [-0.4, -0.2) is 35.7 Å². The Morgan fingerprint density at radius 3 is 3.27 bits per heavy atom. The fourth-order valence-electron chi connectivity index (χ4n) is 1.71. The standard InChI is InChI=1S/C10H15ClN2OS/c1-8-5-13(2-3-14-8)6-10-12-9(4-11)7-15-10/h7-8H,2-6H2,1H3. The van der Waals surface area contributed by atoms with Gasteiger partial charge in [0.05, 0.1) is 30.8 Å². The second kappa shape index (κ2) is 5.25. The summed E-state index contributed by atoms with van der Waals surface area (Å²) in [6, 6.07) is 0. The molecule has 2 rings (SSSR count). The van der Waals surface area contributed by atoms with Gasteiger partial charge in [-0.05, 0) is 6.92 Å². The molecule has 0 bridgehead atoms.